The molecule has 2 aliphatic carbocycles. The lowest BCUT2D eigenvalue weighted by Gasteiger charge is -2.29. The highest BCUT2D eigenvalue weighted by Crippen LogP contribution is 2.35. The standard InChI is InChI=1S/C19H27N3O2/c23-13-8-10-22(11-9-13)12-18(24)21-19-14-4-1-2-6-16(14)20-17-7-3-5-15(17)19/h13,23H,1-12H2,(H,20,21,24). The summed E-state index contributed by atoms with van der Waals surface area (Å²) in [5.41, 5.74) is 6.11. The number of pyridine rings is 1. The Labute approximate surface area is 143 Å². The highest BCUT2D eigenvalue weighted by Gasteiger charge is 2.26. The second-order valence-corrected chi connectivity index (χ2v) is 7.45. The number of piperidine rings is 1. The van der Waals surface area contributed by atoms with E-state index in [0.29, 0.717) is 6.54 Å². The molecule has 1 aliphatic heterocycles. The highest BCUT2D eigenvalue weighted by molar-refractivity contribution is 5.94. The van der Waals surface area contributed by atoms with Crippen molar-refractivity contribution in [3.05, 3.63) is 22.5 Å². The molecule has 24 heavy (non-hydrogen) atoms. The number of likely N-dealkylation sites (tertiary alicyclic amines) is 1. The van der Waals surface area contributed by atoms with Crippen LogP contribution in [0.4, 0.5) is 5.69 Å². The molecule has 0 aromatic carbocycles. The van der Waals surface area contributed by atoms with Crippen LogP contribution in [0.15, 0.2) is 0 Å². The molecular formula is C19H27N3O2. The van der Waals surface area contributed by atoms with Crippen LogP contribution in [-0.2, 0) is 30.5 Å². The molecule has 2 N–H and O–H groups in total. The predicted octanol–water partition coefficient (Wildman–Crippen LogP) is 1.84. The number of nitrogens with zero attached hydrogens (tertiary/aromatic N) is 2. The predicted molar refractivity (Wildman–Crippen MR) is 93.2 cm³/mol. The average Bonchev–Trinajstić information content (AvgIpc) is 3.05. The van der Waals surface area contributed by atoms with Crippen LogP contribution in [-0.4, -0.2) is 46.6 Å². The van der Waals surface area contributed by atoms with E-state index < -0.39 is 0 Å². The molecule has 5 nitrogen and oxygen atoms in total. The first-order valence-electron chi connectivity index (χ1n) is 9.44. The van der Waals surface area contributed by atoms with Gasteiger partial charge >= 0.3 is 0 Å². The first kappa shape index (κ1) is 16.0. The molecule has 3 aliphatic rings. The maximum atomic E-state index is 12.6. The fourth-order valence-electron chi connectivity index (χ4n) is 4.36. The Morgan fingerprint density at radius 1 is 1.04 bits per heavy atom. The Balaban J connectivity index is 1.51. The lowest BCUT2D eigenvalue weighted by Crippen LogP contribution is -2.40. The van der Waals surface area contributed by atoms with Gasteiger partial charge in [0.2, 0.25) is 5.91 Å². The number of aliphatic hydroxyl groups is 1. The van der Waals surface area contributed by atoms with Crippen molar-refractivity contribution in [1.82, 2.24) is 9.88 Å². The molecule has 0 atom stereocenters. The summed E-state index contributed by atoms with van der Waals surface area (Å²) < 4.78 is 0. The van der Waals surface area contributed by atoms with Crippen LogP contribution in [0.2, 0.25) is 0 Å². The zero-order chi connectivity index (χ0) is 16.5. The van der Waals surface area contributed by atoms with Gasteiger partial charge in [0.25, 0.3) is 0 Å². The largest absolute Gasteiger partial charge is 0.393 e. The molecule has 5 heteroatoms. The van der Waals surface area contributed by atoms with Crippen LogP contribution >= 0.6 is 0 Å². The Kier molecular flexibility index (Phi) is 4.55. The fourth-order valence-corrected chi connectivity index (χ4v) is 4.36. The van der Waals surface area contributed by atoms with Gasteiger partial charge in [0.15, 0.2) is 0 Å². The number of hydrogen-bond donors (Lipinski definition) is 2. The molecule has 0 spiro atoms. The topological polar surface area (TPSA) is 65.5 Å². The summed E-state index contributed by atoms with van der Waals surface area (Å²) in [4.78, 5) is 19.7. The van der Waals surface area contributed by atoms with E-state index in [1.54, 1.807) is 0 Å². The third-order valence-electron chi connectivity index (χ3n) is 5.69. The Hall–Kier alpha value is -1.46. The fraction of sp³-hybridized carbons (Fsp3) is 0.684. The first-order valence-corrected chi connectivity index (χ1v) is 9.44. The monoisotopic (exact) mass is 329 g/mol. The number of carbonyl (C=O) groups excluding carboxylic acids is 1. The van der Waals surface area contributed by atoms with Crippen molar-refractivity contribution in [1.29, 1.82) is 0 Å². The molecule has 1 fully saturated rings. The number of carbonyl (C=O) groups is 1. The average molecular weight is 329 g/mol. The third-order valence-corrected chi connectivity index (χ3v) is 5.69. The zero-order valence-electron chi connectivity index (χ0n) is 14.3. The smallest absolute Gasteiger partial charge is 0.238 e. The molecule has 130 valence electrons. The molecular weight excluding hydrogens is 302 g/mol. The van der Waals surface area contributed by atoms with E-state index in [-0.39, 0.29) is 12.0 Å². The summed E-state index contributed by atoms with van der Waals surface area (Å²) in [5.74, 6) is 0.0828. The summed E-state index contributed by atoms with van der Waals surface area (Å²) in [6, 6.07) is 0. The van der Waals surface area contributed by atoms with Crippen LogP contribution in [0.1, 0.15) is 54.6 Å². The lowest BCUT2D eigenvalue weighted by molar-refractivity contribution is -0.117. The molecule has 0 saturated carbocycles. The minimum Gasteiger partial charge on any atom is -0.393 e. The van der Waals surface area contributed by atoms with Crippen molar-refractivity contribution in [2.45, 2.75) is 63.9 Å². The number of aryl methyl sites for hydroxylation is 2. The lowest BCUT2D eigenvalue weighted by atomic mass is 9.92. The number of fused-ring (bicyclic) bond motifs is 2. The minimum absolute atomic E-state index is 0.0828. The summed E-state index contributed by atoms with van der Waals surface area (Å²) >= 11 is 0. The molecule has 1 aromatic rings. The van der Waals surface area contributed by atoms with Gasteiger partial charge in [-0.05, 0) is 68.9 Å². The number of rotatable bonds is 3. The normalized spacial score (nSPS) is 21.4. The molecule has 4 rings (SSSR count). The third kappa shape index (κ3) is 3.20. The number of aromatic nitrogens is 1. The summed E-state index contributed by atoms with van der Waals surface area (Å²) in [6.07, 6.45) is 9.09. The van der Waals surface area contributed by atoms with Crippen molar-refractivity contribution >= 4 is 11.6 Å². The first-order chi connectivity index (χ1) is 11.7. The molecule has 2 heterocycles. The summed E-state index contributed by atoms with van der Waals surface area (Å²) in [6.45, 7) is 2.04. The SMILES string of the molecule is O=C(CN1CCC(O)CC1)Nc1c2c(nc3c1CCC3)CCCC2. The van der Waals surface area contributed by atoms with Crippen LogP contribution in [0.25, 0.3) is 0 Å². The van der Waals surface area contributed by atoms with Gasteiger partial charge in [0.1, 0.15) is 0 Å². The van der Waals surface area contributed by atoms with Gasteiger partial charge in [0.05, 0.1) is 18.3 Å². The molecule has 1 aromatic heterocycles. The molecule has 0 radical (unpaired) electrons. The number of aliphatic hydroxyl groups excluding tert-OH is 1. The second kappa shape index (κ2) is 6.81. The van der Waals surface area contributed by atoms with E-state index in [0.717, 1.165) is 63.7 Å². The maximum Gasteiger partial charge on any atom is 0.238 e. The van der Waals surface area contributed by atoms with E-state index in [2.05, 4.69) is 10.2 Å². The Morgan fingerprint density at radius 2 is 1.67 bits per heavy atom. The van der Waals surface area contributed by atoms with Crippen LogP contribution in [0.5, 0.6) is 0 Å². The van der Waals surface area contributed by atoms with Gasteiger partial charge in [-0.1, -0.05) is 0 Å². The molecule has 0 unspecified atom stereocenters. The van der Waals surface area contributed by atoms with Gasteiger partial charge in [-0.3, -0.25) is 14.7 Å². The second-order valence-electron chi connectivity index (χ2n) is 7.45. The van der Waals surface area contributed by atoms with Crippen LogP contribution in [0, 0.1) is 0 Å². The Morgan fingerprint density at radius 3 is 2.42 bits per heavy atom. The summed E-state index contributed by atoms with van der Waals surface area (Å²) in [7, 11) is 0. The van der Waals surface area contributed by atoms with Gasteiger partial charge < -0.3 is 10.4 Å². The van der Waals surface area contributed by atoms with E-state index in [9.17, 15) is 9.90 Å². The van der Waals surface area contributed by atoms with Crippen molar-refractivity contribution in [3.63, 3.8) is 0 Å². The van der Waals surface area contributed by atoms with E-state index in [1.165, 1.54) is 35.4 Å². The molecule has 1 saturated heterocycles. The van der Waals surface area contributed by atoms with E-state index in [1.807, 2.05) is 0 Å². The number of amides is 1. The van der Waals surface area contributed by atoms with Gasteiger partial charge in [-0.15, -0.1) is 0 Å². The van der Waals surface area contributed by atoms with Crippen LogP contribution in [0.3, 0.4) is 0 Å². The van der Waals surface area contributed by atoms with Crippen molar-refractivity contribution in [2.24, 2.45) is 0 Å². The van der Waals surface area contributed by atoms with Crippen molar-refractivity contribution in [3.8, 4) is 0 Å². The Bertz CT molecular complexity index is 636. The minimum atomic E-state index is -0.195. The zero-order valence-corrected chi connectivity index (χ0v) is 14.3. The van der Waals surface area contributed by atoms with Crippen molar-refractivity contribution in [2.75, 3.05) is 25.0 Å². The number of anilines is 1. The van der Waals surface area contributed by atoms with Crippen LogP contribution < -0.4 is 5.32 Å². The summed E-state index contributed by atoms with van der Waals surface area (Å²) in [5, 5.41) is 12.8. The molecule has 0 bridgehead atoms. The van der Waals surface area contributed by atoms with E-state index >= 15 is 0 Å². The number of nitrogens with one attached hydrogen (secondary N) is 1. The highest BCUT2D eigenvalue weighted by atomic mass is 16.3. The van der Waals surface area contributed by atoms with E-state index in [4.69, 9.17) is 4.98 Å². The van der Waals surface area contributed by atoms with Gasteiger partial charge in [0, 0.05) is 24.5 Å². The quantitative estimate of drug-likeness (QED) is 0.888. The van der Waals surface area contributed by atoms with Crippen molar-refractivity contribution < 1.29 is 9.90 Å². The molecule has 1 amide bonds. The van der Waals surface area contributed by atoms with Gasteiger partial charge in [-0.2, -0.15) is 0 Å². The maximum absolute atomic E-state index is 12.6. The van der Waals surface area contributed by atoms with Gasteiger partial charge in [-0.25, -0.2) is 0 Å². The number of hydrogen-bond acceptors (Lipinski definition) is 4.